The fourth-order valence-electron chi connectivity index (χ4n) is 3.15. The van der Waals surface area contributed by atoms with Gasteiger partial charge in [-0.05, 0) is 19.5 Å². The Morgan fingerprint density at radius 3 is 2.48 bits per heavy atom. The van der Waals surface area contributed by atoms with Gasteiger partial charge in [0.05, 0.1) is 6.54 Å². The molecular weight excluding hydrogens is 292 g/mol. The van der Waals surface area contributed by atoms with Crippen molar-refractivity contribution in [3.8, 4) is 0 Å². The monoisotopic (exact) mass is 318 g/mol. The van der Waals surface area contributed by atoms with Crippen LogP contribution in [0.15, 0.2) is 12.4 Å². The van der Waals surface area contributed by atoms with Crippen LogP contribution in [0.1, 0.15) is 13.3 Å². The molecule has 0 aliphatic carbocycles. The van der Waals surface area contributed by atoms with Gasteiger partial charge >= 0.3 is 0 Å². The Morgan fingerprint density at radius 2 is 1.74 bits per heavy atom. The van der Waals surface area contributed by atoms with Crippen LogP contribution in [0.2, 0.25) is 0 Å². The lowest BCUT2D eigenvalue weighted by molar-refractivity contribution is -0.129. The molecule has 2 fully saturated rings. The second-order valence-electron chi connectivity index (χ2n) is 6.25. The zero-order valence-electron chi connectivity index (χ0n) is 14.1. The smallest absolute Gasteiger partial charge is 0.241 e. The van der Waals surface area contributed by atoms with Crippen LogP contribution in [0.4, 0.5) is 11.6 Å². The summed E-state index contributed by atoms with van der Waals surface area (Å²) < 4.78 is 0. The number of rotatable bonds is 3. The Balaban J connectivity index is 1.71. The SMILES string of the molecule is CCN1CCCN(c2cc(N3CCN(C)C(=O)C3)ncn2)CC1. The number of anilines is 2. The second-order valence-corrected chi connectivity index (χ2v) is 6.25. The molecule has 0 atom stereocenters. The Bertz CT molecular complexity index is 551. The highest BCUT2D eigenvalue weighted by atomic mass is 16.2. The number of nitrogens with zero attached hydrogens (tertiary/aromatic N) is 6. The summed E-state index contributed by atoms with van der Waals surface area (Å²) in [5.74, 6) is 1.97. The van der Waals surface area contributed by atoms with Crippen LogP contribution in [0.25, 0.3) is 0 Å². The van der Waals surface area contributed by atoms with Gasteiger partial charge in [-0.15, -0.1) is 0 Å². The number of aromatic nitrogens is 2. The highest BCUT2D eigenvalue weighted by Gasteiger charge is 2.23. The molecule has 0 N–H and O–H groups in total. The number of hydrogen-bond donors (Lipinski definition) is 0. The van der Waals surface area contributed by atoms with E-state index in [9.17, 15) is 4.79 Å². The van der Waals surface area contributed by atoms with Crippen molar-refractivity contribution in [2.24, 2.45) is 0 Å². The van der Waals surface area contributed by atoms with Gasteiger partial charge in [-0.25, -0.2) is 9.97 Å². The first kappa shape index (κ1) is 16.0. The van der Waals surface area contributed by atoms with Crippen molar-refractivity contribution >= 4 is 17.5 Å². The molecule has 7 heteroatoms. The fraction of sp³-hybridized carbons (Fsp3) is 0.688. The number of carbonyl (C=O) groups excluding carboxylic acids is 1. The van der Waals surface area contributed by atoms with Gasteiger partial charge in [0.1, 0.15) is 18.0 Å². The van der Waals surface area contributed by atoms with E-state index in [-0.39, 0.29) is 5.91 Å². The Labute approximate surface area is 137 Å². The average Bonchev–Trinajstić information content (AvgIpc) is 2.83. The highest BCUT2D eigenvalue weighted by molar-refractivity contribution is 5.82. The van der Waals surface area contributed by atoms with Gasteiger partial charge in [0.15, 0.2) is 0 Å². The van der Waals surface area contributed by atoms with E-state index in [1.165, 1.54) is 0 Å². The summed E-state index contributed by atoms with van der Waals surface area (Å²) in [5.41, 5.74) is 0. The normalized spacial score (nSPS) is 20.8. The molecule has 1 aromatic heterocycles. The predicted molar refractivity (Wildman–Crippen MR) is 90.8 cm³/mol. The topological polar surface area (TPSA) is 55.8 Å². The van der Waals surface area contributed by atoms with Crippen LogP contribution in [0.5, 0.6) is 0 Å². The fourth-order valence-corrected chi connectivity index (χ4v) is 3.15. The van der Waals surface area contributed by atoms with E-state index in [2.05, 4.69) is 26.7 Å². The second kappa shape index (κ2) is 7.12. The van der Waals surface area contributed by atoms with Crippen molar-refractivity contribution in [2.75, 3.05) is 69.2 Å². The minimum atomic E-state index is 0.143. The van der Waals surface area contributed by atoms with Crippen LogP contribution < -0.4 is 9.80 Å². The van der Waals surface area contributed by atoms with Crippen molar-refractivity contribution < 1.29 is 4.79 Å². The minimum Gasteiger partial charge on any atom is -0.355 e. The first-order valence-electron chi connectivity index (χ1n) is 8.45. The third-order valence-corrected chi connectivity index (χ3v) is 4.78. The standard InChI is InChI=1S/C16H26N6O/c1-3-20-5-4-6-21(10-8-20)14-11-15(18-13-17-14)22-9-7-19(2)16(23)12-22/h11,13H,3-10,12H2,1-2H3. The van der Waals surface area contributed by atoms with E-state index in [1.54, 1.807) is 11.2 Å². The van der Waals surface area contributed by atoms with Crippen LogP contribution >= 0.6 is 0 Å². The lowest BCUT2D eigenvalue weighted by Gasteiger charge is -2.33. The Hall–Kier alpha value is -1.89. The van der Waals surface area contributed by atoms with Crippen molar-refractivity contribution in [3.05, 3.63) is 12.4 Å². The maximum atomic E-state index is 11.9. The quantitative estimate of drug-likeness (QED) is 0.798. The van der Waals surface area contributed by atoms with E-state index >= 15 is 0 Å². The molecule has 1 aromatic rings. The van der Waals surface area contributed by atoms with Gasteiger partial charge in [-0.3, -0.25) is 4.79 Å². The van der Waals surface area contributed by atoms with E-state index in [0.717, 1.165) is 63.9 Å². The molecule has 0 unspecified atom stereocenters. The zero-order chi connectivity index (χ0) is 16.2. The predicted octanol–water partition coefficient (Wildman–Crippen LogP) is 0.287. The number of likely N-dealkylation sites (N-methyl/N-ethyl adjacent to an activating group) is 2. The lowest BCUT2D eigenvalue weighted by atomic mass is 10.3. The number of hydrogen-bond acceptors (Lipinski definition) is 6. The van der Waals surface area contributed by atoms with Crippen molar-refractivity contribution in [1.29, 1.82) is 0 Å². The third-order valence-electron chi connectivity index (χ3n) is 4.78. The molecule has 0 bridgehead atoms. The first-order chi connectivity index (χ1) is 11.2. The number of piperazine rings is 1. The van der Waals surface area contributed by atoms with Crippen molar-refractivity contribution in [1.82, 2.24) is 19.8 Å². The molecule has 0 spiro atoms. The largest absolute Gasteiger partial charge is 0.355 e. The Morgan fingerprint density at radius 1 is 1.00 bits per heavy atom. The zero-order valence-corrected chi connectivity index (χ0v) is 14.1. The van der Waals surface area contributed by atoms with Crippen LogP contribution in [-0.2, 0) is 4.79 Å². The third kappa shape index (κ3) is 3.72. The van der Waals surface area contributed by atoms with E-state index in [1.807, 2.05) is 18.0 Å². The first-order valence-corrected chi connectivity index (χ1v) is 8.45. The van der Waals surface area contributed by atoms with Crippen LogP contribution in [-0.4, -0.2) is 85.1 Å². The number of amides is 1. The lowest BCUT2D eigenvalue weighted by Crippen LogP contribution is -2.48. The van der Waals surface area contributed by atoms with Crippen molar-refractivity contribution in [2.45, 2.75) is 13.3 Å². The molecule has 23 heavy (non-hydrogen) atoms. The van der Waals surface area contributed by atoms with Gasteiger partial charge in [-0.1, -0.05) is 6.92 Å². The number of carbonyl (C=O) groups is 1. The summed E-state index contributed by atoms with van der Waals surface area (Å²) in [6.45, 7) is 9.52. The van der Waals surface area contributed by atoms with Gasteiger partial charge in [0, 0.05) is 45.8 Å². The summed E-state index contributed by atoms with van der Waals surface area (Å²) in [5, 5.41) is 0. The molecule has 2 aliphatic rings. The van der Waals surface area contributed by atoms with E-state index < -0.39 is 0 Å². The van der Waals surface area contributed by atoms with Gasteiger partial charge < -0.3 is 19.6 Å². The highest BCUT2D eigenvalue weighted by Crippen LogP contribution is 2.20. The van der Waals surface area contributed by atoms with Gasteiger partial charge in [-0.2, -0.15) is 0 Å². The molecule has 0 radical (unpaired) electrons. The molecule has 3 rings (SSSR count). The molecule has 3 heterocycles. The summed E-state index contributed by atoms with van der Waals surface area (Å²) in [6, 6.07) is 2.03. The molecular formula is C16H26N6O. The summed E-state index contributed by atoms with van der Waals surface area (Å²) in [7, 11) is 1.85. The van der Waals surface area contributed by atoms with E-state index in [0.29, 0.717) is 6.54 Å². The summed E-state index contributed by atoms with van der Waals surface area (Å²) >= 11 is 0. The minimum absolute atomic E-state index is 0.143. The van der Waals surface area contributed by atoms with Crippen LogP contribution in [0.3, 0.4) is 0 Å². The molecule has 1 amide bonds. The molecule has 2 aliphatic heterocycles. The van der Waals surface area contributed by atoms with Gasteiger partial charge in [0.2, 0.25) is 5.91 Å². The summed E-state index contributed by atoms with van der Waals surface area (Å²) in [4.78, 5) is 29.4. The molecule has 126 valence electrons. The van der Waals surface area contributed by atoms with Crippen molar-refractivity contribution in [3.63, 3.8) is 0 Å². The maximum absolute atomic E-state index is 11.9. The van der Waals surface area contributed by atoms with Crippen LogP contribution in [0, 0.1) is 0 Å². The molecule has 7 nitrogen and oxygen atoms in total. The Kier molecular flexibility index (Phi) is 4.95. The van der Waals surface area contributed by atoms with E-state index in [4.69, 9.17) is 0 Å². The molecule has 0 saturated carbocycles. The summed E-state index contributed by atoms with van der Waals surface area (Å²) in [6.07, 6.45) is 2.77. The molecule has 2 saturated heterocycles. The molecule has 0 aromatic carbocycles. The average molecular weight is 318 g/mol. The maximum Gasteiger partial charge on any atom is 0.241 e. The van der Waals surface area contributed by atoms with Gasteiger partial charge in [0.25, 0.3) is 0 Å².